The standard InChI is InChI=1S/C19H24F2N2O3/c1-18(16(24)25)9-10-23(12-18)17(26)22-11-19(7-2-3-8-19)15-13(20)5-4-6-14(15)21/h4-6H,2-3,7-12H2,1H3,(H,22,26)(H,24,25). The summed E-state index contributed by atoms with van der Waals surface area (Å²) in [6, 6.07) is 3.46. The average molecular weight is 366 g/mol. The highest BCUT2D eigenvalue weighted by Gasteiger charge is 2.44. The monoisotopic (exact) mass is 366 g/mol. The predicted molar refractivity (Wildman–Crippen MR) is 91.8 cm³/mol. The van der Waals surface area contributed by atoms with Crippen LogP contribution in [0, 0.1) is 17.0 Å². The van der Waals surface area contributed by atoms with Gasteiger partial charge in [-0.25, -0.2) is 13.6 Å². The van der Waals surface area contributed by atoms with Crippen LogP contribution in [-0.4, -0.2) is 41.6 Å². The Kier molecular flexibility index (Phi) is 4.90. The number of hydrogen-bond acceptors (Lipinski definition) is 2. The first-order chi connectivity index (χ1) is 12.3. The lowest BCUT2D eigenvalue weighted by molar-refractivity contribution is -0.147. The summed E-state index contributed by atoms with van der Waals surface area (Å²) in [6.07, 6.45) is 3.31. The van der Waals surface area contributed by atoms with Gasteiger partial charge in [0.1, 0.15) is 11.6 Å². The van der Waals surface area contributed by atoms with E-state index in [0.29, 0.717) is 25.8 Å². The molecule has 26 heavy (non-hydrogen) atoms. The Morgan fingerprint density at radius 1 is 1.19 bits per heavy atom. The fraction of sp³-hybridized carbons (Fsp3) is 0.579. The fourth-order valence-corrected chi connectivity index (χ4v) is 4.24. The van der Waals surface area contributed by atoms with E-state index in [2.05, 4.69) is 5.32 Å². The summed E-state index contributed by atoms with van der Waals surface area (Å²) in [4.78, 5) is 25.3. The van der Waals surface area contributed by atoms with Crippen molar-refractivity contribution in [1.82, 2.24) is 10.2 Å². The van der Waals surface area contributed by atoms with Crippen LogP contribution >= 0.6 is 0 Å². The summed E-state index contributed by atoms with van der Waals surface area (Å²) in [5, 5.41) is 12.1. The van der Waals surface area contributed by atoms with Crippen molar-refractivity contribution in [1.29, 1.82) is 0 Å². The molecule has 2 amide bonds. The van der Waals surface area contributed by atoms with Crippen molar-refractivity contribution in [3.63, 3.8) is 0 Å². The Morgan fingerprint density at radius 2 is 1.81 bits per heavy atom. The maximum Gasteiger partial charge on any atom is 0.317 e. The Bertz CT molecular complexity index is 698. The number of carboxylic acid groups (broad SMARTS) is 1. The Hall–Kier alpha value is -2.18. The van der Waals surface area contributed by atoms with Gasteiger partial charge in [0.2, 0.25) is 0 Å². The van der Waals surface area contributed by atoms with Crippen LogP contribution in [0.5, 0.6) is 0 Å². The Morgan fingerprint density at radius 3 is 2.35 bits per heavy atom. The topological polar surface area (TPSA) is 69.6 Å². The van der Waals surface area contributed by atoms with E-state index < -0.39 is 28.4 Å². The van der Waals surface area contributed by atoms with Gasteiger partial charge in [-0.05, 0) is 38.3 Å². The van der Waals surface area contributed by atoms with Crippen molar-refractivity contribution < 1.29 is 23.5 Å². The van der Waals surface area contributed by atoms with E-state index in [1.165, 1.54) is 23.1 Å². The smallest absolute Gasteiger partial charge is 0.317 e. The molecule has 0 bridgehead atoms. The molecule has 1 saturated carbocycles. The molecule has 1 saturated heterocycles. The predicted octanol–water partition coefficient (Wildman–Crippen LogP) is 3.28. The molecule has 3 rings (SSSR count). The largest absolute Gasteiger partial charge is 0.481 e. The van der Waals surface area contributed by atoms with Gasteiger partial charge in [-0.3, -0.25) is 4.79 Å². The van der Waals surface area contributed by atoms with E-state index in [-0.39, 0.29) is 24.7 Å². The zero-order chi connectivity index (χ0) is 18.9. The summed E-state index contributed by atoms with van der Waals surface area (Å²) in [5.41, 5.74) is -1.64. The van der Waals surface area contributed by atoms with Gasteiger partial charge in [-0.1, -0.05) is 18.9 Å². The van der Waals surface area contributed by atoms with Gasteiger partial charge in [-0.2, -0.15) is 0 Å². The summed E-state index contributed by atoms with van der Waals surface area (Å²) in [5.74, 6) is -2.09. The quantitative estimate of drug-likeness (QED) is 0.859. The summed E-state index contributed by atoms with van der Waals surface area (Å²) >= 11 is 0. The highest BCUT2D eigenvalue weighted by atomic mass is 19.1. The average Bonchev–Trinajstić information content (AvgIpc) is 3.21. The summed E-state index contributed by atoms with van der Waals surface area (Å²) in [7, 11) is 0. The van der Waals surface area contributed by atoms with Crippen molar-refractivity contribution in [2.75, 3.05) is 19.6 Å². The molecule has 1 heterocycles. The number of urea groups is 1. The lowest BCUT2D eigenvalue weighted by atomic mass is 9.78. The Labute approximate surface area is 151 Å². The first kappa shape index (κ1) is 18.6. The molecular weight excluding hydrogens is 342 g/mol. The van der Waals surface area contributed by atoms with Crippen LogP contribution in [-0.2, 0) is 10.2 Å². The first-order valence-corrected chi connectivity index (χ1v) is 8.98. The Balaban J connectivity index is 1.73. The van der Waals surface area contributed by atoms with E-state index in [1.807, 2.05) is 0 Å². The third-order valence-corrected chi connectivity index (χ3v) is 5.91. The molecule has 2 aliphatic rings. The molecule has 142 valence electrons. The number of benzene rings is 1. The fourth-order valence-electron chi connectivity index (χ4n) is 4.24. The molecule has 2 N–H and O–H groups in total. The van der Waals surface area contributed by atoms with Crippen molar-refractivity contribution >= 4 is 12.0 Å². The van der Waals surface area contributed by atoms with Crippen LogP contribution in [0.2, 0.25) is 0 Å². The number of carbonyl (C=O) groups is 2. The third kappa shape index (κ3) is 3.27. The lowest BCUT2D eigenvalue weighted by Gasteiger charge is -2.31. The van der Waals surface area contributed by atoms with Crippen molar-refractivity contribution in [3.8, 4) is 0 Å². The number of halogens is 2. The van der Waals surface area contributed by atoms with Gasteiger partial charge in [0.15, 0.2) is 0 Å². The first-order valence-electron chi connectivity index (χ1n) is 8.98. The zero-order valence-corrected chi connectivity index (χ0v) is 14.9. The molecule has 0 spiro atoms. The number of nitrogens with one attached hydrogen (secondary N) is 1. The van der Waals surface area contributed by atoms with Crippen LogP contribution in [0.4, 0.5) is 13.6 Å². The number of likely N-dealkylation sites (tertiary alicyclic amines) is 1. The number of aliphatic carboxylic acids is 1. The molecule has 7 heteroatoms. The molecule has 2 fully saturated rings. The third-order valence-electron chi connectivity index (χ3n) is 5.91. The molecular formula is C19H24F2N2O3. The number of carbonyl (C=O) groups excluding carboxylic acids is 1. The van der Waals surface area contributed by atoms with E-state index >= 15 is 0 Å². The number of nitrogens with zero attached hydrogens (tertiary/aromatic N) is 1. The highest BCUT2D eigenvalue weighted by molar-refractivity contribution is 5.79. The molecule has 0 aromatic heterocycles. The number of amides is 2. The maximum absolute atomic E-state index is 14.3. The molecule has 5 nitrogen and oxygen atoms in total. The molecule has 1 aliphatic carbocycles. The van der Waals surface area contributed by atoms with Crippen LogP contribution in [0.15, 0.2) is 18.2 Å². The van der Waals surface area contributed by atoms with Crippen LogP contribution in [0.1, 0.15) is 44.6 Å². The van der Waals surface area contributed by atoms with Gasteiger partial charge < -0.3 is 15.3 Å². The van der Waals surface area contributed by atoms with Gasteiger partial charge in [-0.15, -0.1) is 0 Å². The minimum absolute atomic E-state index is 0.0506. The molecule has 1 aromatic rings. The molecule has 1 unspecified atom stereocenters. The molecule has 1 aromatic carbocycles. The number of hydrogen-bond donors (Lipinski definition) is 2. The second-order valence-corrected chi connectivity index (χ2v) is 7.78. The zero-order valence-electron chi connectivity index (χ0n) is 14.9. The van der Waals surface area contributed by atoms with E-state index in [4.69, 9.17) is 0 Å². The van der Waals surface area contributed by atoms with Gasteiger partial charge >= 0.3 is 12.0 Å². The van der Waals surface area contributed by atoms with Gasteiger partial charge in [0.05, 0.1) is 5.41 Å². The van der Waals surface area contributed by atoms with Gasteiger partial charge in [0.25, 0.3) is 0 Å². The number of rotatable bonds is 4. The van der Waals surface area contributed by atoms with Crippen molar-refractivity contribution in [2.24, 2.45) is 5.41 Å². The summed E-state index contributed by atoms with van der Waals surface area (Å²) in [6.45, 7) is 2.25. The van der Waals surface area contributed by atoms with Crippen LogP contribution in [0.25, 0.3) is 0 Å². The SMILES string of the molecule is CC1(C(=O)O)CCN(C(=O)NCC2(c3c(F)cccc3F)CCCC2)C1. The second-order valence-electron chi connectivity index (χ2n) is 7.78. The van der Waals surface area contributed by atoms with Crippen molar-refractivity contribution in [3.05, 3.63) is 35.4 Å². The van der Waals surface area contributed by atoms with Crippen LogP contribution in [0.3, 0.4) is 0 Å². The minimum Gasteiger partial charge on any atom is -0.481 e. The lowest BCUT2D eigenvalue weighted by Crippen LogP contribution is -2.46. The summed E-state index contributed by atoms with van der Waals surface area (Å²) < 4.78 is 28.7. The highest BCUT2D eigenvalue weighted by Crippen LogP contribution is 2.43. The van der Waals surface area contributed by atoms with Crippen molar-refractivity contribution in [2.45, 2.75) is 44.4 Å². The molecule has 1 aliphatic heterocycles. The molecule has 0 radical (unpaired) electrons. The van der Waals surface area contributed by atoms with E-state index in [1.54, 1.807) is 6.92 Å². The molecule has 1 atom stereocenters. The number of carboxylic acids is 1. The van der Waals surface area contributed by atoms with Crippen LogP contribution < -0.4 is 5.32 Å². The van der Waals surface area contributed by atoms with E-state index in [0.717, 1.165) is 12.8 Å². The van der Waals surface area contributed by atoms with Gasteiger partial charge in [0, 0.05) is 30.6 Å². The normalized spacial score (nSPS) is 24.7. The van der Waals surface area contributed by atoms with E-state index in [9.17, 15) is 23.5 Å². The second kappa shape index (κ2) is 6.85. The minimum atomic E-state index is -0.944. The maximum atomic E-state index is 14.3.